The third kappa shape index (κ3) is 1.52. The van der Waals surface area contributed by atoms with Gasteiger partial charge in [-0.3, -0.25) is 0 Å². The molecule has 3 aliphatic rings. The first-order valence-electron chi connectivity index (χ1n) is 8.33. The highest BCUT2D eigenvalue weighted by atomic mass is 14.7. The van der Waals surface area contributed by atoms with Crippen molar-refractivity contribution in [3.8, 4) is 0 Å². The van der Waals surface area contributed by atoms with Crippen molar-refractivity contribution in [1.29, 1.82) is 0 Å². The molecule has 1 heteroatoms. The van der Waals surface area contributed by atoms with Gasteiger partial charge in [-0.05, 0) is 67.4 Å². The van der Waals surface area contributed by atoms with E-state index in [2.05, 4.69) is 45.1 Å². The van der Waals surface area contributed by atoms with Gasteiger partial charge >= 0.3 is 0 Å². The monoisotopic (exact) mass is 279 g/mol. The maximum Gasteiger partial charge on any atom is 0.0258 e. The molecular formula is C20H25N. The summed E-state index contributed by atoms with van der Waals surface area (Å²) in [5.41, 5.74) is 15.5. The van der Waals surface area contributed by atoms with Crippen molar-refractivity contribution in [2.24, 2.45) is 17.6 Å². The van der Waals surface area contributed by atoms with Gasteiger partial charge in [-0.1, -0.05) is 37.1 Å². The minimum atomic E-state index is 0.210. The Morgan fingerprint density at radius 1 is 1.14 bits per heavy atom. The molecule has 3 aliphatic carbocycles. The quantitative estimate of drug-likeness (QED) is 0.752. The summed E-state index contributed by atoms with van der Waals surface area (Å²) in [5, 5.41) is 0. The molecule has 1 aromatic rings. The van der Waals surface area contributed by atoms with Crippen LogP contribution in [0.5, 0.6) is 0 Å². The number of hydrogen-bond donors (Lipinski definition) is 1. The fourth-order valence-electron chi connectivity index (χ4n) is 5.39. The van der Waals surface area contributed by atoms with Crippen LogP contribution in [0, 0.1) is 25.7 Å². The average molecular weight is 279 g/mol. The number of aryl methyl sites for hydroxylation is 2. The predicted molar refractivity (Wildman–Crippen MR) is 88.2 cm³/mol. The van der Waals surface area contributed by atoms with Crippen LogP contribution in [0.15, 0.2) is 35.6 Å². The molecule has 2 unspecified atom stereocenters. The van der Waals surface area contributed by atoms with Crippen molar-refractivity contribution in [1.82, 2.24) is 0 Å². The molecule has 1 aromatic carbocycles. The lowest BCUT2D eigenvalue weighted by atomic mass is 9.56. The maximum atomic E-state index is 6.46. The third-order valence-corrected chi connectivity index (χ3v) is 6.32. The van der Waals surface area contributed by atoms with Gasteiger partial charge in [-0.15, -0.1) is 0 Å². The minimum Gasteiger partial charge on any atom is -0.402 e. The van der Waals surface area contributed by atoms with Gasteiger partial charge in [0.15, 0.2) is 0 Å². The second kappa shape index (κ2) is 4.25. The fraction of sp³-hybridized carbons (Fsp3) is 0.500. The Labute approximate surface area is 127 Å². The van der Waals surface area contributed by atoms with Crippen LogP contribution in [-0.4, -0.2) is 0 Å². The van der Waals surface area contributed by atoms with Crippen molar-refractivity contribution < 1.29 is 0 Å². The van der Waals surface area contributed by atoms with Gasteiger partial charge in [-0.2, -0.15) is 0 Å². The molecule has 0 saturated heterocycles. The number of nitrogens with two attached hydrogens (primary N) is 1. The first kappa shape index (κ1) is 13.2. The van der Waals surface area contributed by atoms with Crippen LogP contribution in [0.4, 0.5) is 0 Å². The first-order chi connectivity index (χ1) is 10.1. The van der Waals surface area contributed by atoms with Crippen molar-refractivity contribution in [2.75, 3.05) is 0 Å². The molecule has 0 aliphatic heterocycles. The highest BCUT2D eigenvalue weighted by molar-refractivity contribution is 5.59. The van der Waals surface area contributed by atoms with Gasteiger partial charge < -0.3 is 5.73 Å². The van der Waals surface area contributed by atoms with Crippen LogP contribution in [0.1, 0.15) is 48.4 Å². The smallest absolute Gasteiger partial charge is 0.0258 e. The second-order valence-corrected chi connectivity index (χ2v) is 7.36. The number of allylic oxidation sites excluding steroid dienone is 4. The largest absolute Gasteiger partial charge is 0.402 e. The zero-order chi connectivity index (χ0) is 14.8. The summed E-state index contributed by atoms with van der Waals surface area (Å²) in [7, 11) is 0. The van der Waals surface area contributed by atoms with E-state index in [1.807, 2.05) is 0 Å². The van der Waals surface area contributed by atoms with E-state index in [0.717, 1.165) is 12.1 Å². The van der Waals surface area contributed by atoms with Gasteiger partial charge in [0, 0.05) is 17.0 Å². The maximum absolute atomic E-state index is 6.46. The molecule has 3 atom stereocenters. The standard InChI is InChI=1S/C20H25N/c1-12-6-7-14(3)19-15(12)11-17-18(21)9-8-16-13(2)5-4-10-20(16,17)19/h6-9,13,17H,4-5,10-11,21H2,1-3H3/t13-,17?,20?/m0/s1. The van der Waals surface area contributed by atoms with Crippen molar-refractivity contribution in [3.63, 3.8) is 0 Å². The van der Waals surface area contributed by atoms with E-state index in [1.54, 1.807) is 16.7 Å². The van der Waals surface area contributed by atoms with Crippen LogP contribution in [0.2, 0.25) is 0 Å². The Kier molecular flexibility index (Phi) is 2.67. The highest BCUT2D eigenvalue weighted by Gasteiger charge is 2.54. The Hall–Kier alpha value is -1.50. The van der Waals surface area contributed by atoms with Crippen LogP contribution < -0.4 is 5.73 Å². The van der Waals surface area contributed by atoms with E-state index in [-0.39, 0.29) is 5.41 Å². The number of fused-ring (bicyclic) bond motifs is 1. The number of hydrogen-bond acceptors (Lipinski definition) is 1. The van der Waals surface area contributed by atoms with Gasteiger partial charge in [0.1, 0.15) is 0 Å². The number of rotatable bonds is 0. The van der Waals surface area contributed by atoms with Gasteiger partial charge in [0.25, 0.3) is 0 Å². The molecule has 0 radical (unpaired) electrons. The molecule has 0 heterocycles. The minimum absolute atomic E-state index is 0.210. The summed E-state index contributed by atoms with van der Waals surface area (Å²) in [6.45, 7) is 6.96. The van der Waals surface area contributed by atoms with Crippen LogP contribution in [0.25, 0.3) is 0 Å². The lowest BCUT2D eigenvalue weighted by Crippen LogP contribution is -2.43. The molecule has 1 nitrogen and oxygen atoms in total. The average Bonchev–Trinajstić information content (AvgIpc) is 2.80. The van der Waals surface area contributed by atoms with Crippen molar-refractivity contribution >= 4 is 0 Å². The van der Waals surface area contributed by atoms with Gasteiger partial charge in [0.2, 0.25) is 0 Å². The Balaban J connectivity index is 2.04. The summed E-state index contributed by atoms with van der Waals surface area (Å²) >= 11 is 0. The molecule has 1 fully saturated rings. The molecule has 21 heavy (non-hydrogen) atoms. The van der Waals surface area contributed by atoms with Crippen LogP contribution in [0.3, 0.4) is 0 Å². The summed E-state index contributed by atoms with van der Waals surface area (Å²) in [5.74, 6) is 1.19. The molecule has 0 bridgehead atoms. The molecule has 1 spiro atoms. The lowest BCUT2D eigenvalue weighted by Gasteiger charge is -2.47. The zero-order valence-electron chi connectivity index (χ0n) is 13.4. The Bertz CT molecular complexity index is 679. The van der Waals surface area contributed by atoms with E-state index in [4.69, 9.17) is 5.73 Å². The van der Waals surface area contributed by atoms with E-state index in [0.29, 0.717) is 11.8 Å². The molecule has 110 valence electrons. The van der Waals surface area contributed by atoms with Crippen molar-refractivity contribution in [3.05, 3.63) is 57.8 Å². The van der Waals surface area contributed by atoms with Crippen LogP contribution in [-0.2, 0) is 11.8 Å². The zero-order valence-corrected chi connectivity index (χ0v) is 13.4. The second-order valence-electron chi connectivity index (χ2n) is 7.36. The molecular weight excluding hydrogens is 254 g/mol. The molecule has 0 aromatic heterocycles. The highest BCUT2D eigenvalue weighted by Crippen LogP contribution is 2.60. The lowest BCUT2D eigenvalue weighted by molar-refractivity contribution is 0.268. The predicted octanol–water partition coefficient (Wildman–Crippen LogP) is 4.32. The first-order valence-corrected chi connectivity index (χ1v) is 8.33. The summed E-state index contributed by atoms with van der Waals surface area (Å²) < 4.78 is 0. The summed E-state index contributed by atoms with van der Waals surface area (Å²) in [6, 6.07) is 4.61. The summed E-state index contributed by atoms with van der Waals surface area (Å²) in [4.78, 5) is 0. The summed E-state index contributed by atoms with van der Waals surface area (Å²) in [6.07, 6.45) is 9.61. The topological polar surface area (TPSA) is 26.0 Å². The van der Waals surface area contributed by atoms with Gasteiger partial charge in [0.05, 0.1) is 0 Å². The van der Waals surface area contributed by atoms with E-state index in [9.17, 15) is 0 Å². The van der Waals surface area contributed by atoms with E-state index < -0.39 is 0 Å². The Morgan fingerprint density at radius 3 is 2.71 bits per heavy atom. The Morgan fingerprint density at radius 2 is 1.90 bits per heavy atom. The van der Waals surface area contributed by atoms with Crippen molar-refractivity contribution in [2.45, 2.75) is 51.9 Å². The van der Waals surface area contributed by atoms with E-state index in [1.165, 1.54) is 30.4 Å². The molecule has 1 saturated carbocycles. The normalized spacial score (nSPS) is 33.7. The number of benzene rings is 1. The molecule has 2 N–H and O–H groups in total. The third-order valence-electron chi connectivity index (χ3n) is 6.32. The fourth-order valence-corrected chi connectivity index (χ4v) is 5.39. The SMILES string of the molecule is Cc1ccc(C)c2c1CC1C(N)=CC=C3[C@@H](C)CCCC321. The van der Waals surface area contributed by atoms with Gasteiger partial charge in [-0.25, -0.2) is 0 Å². The van der Waals surface area contributed by atoms with E-state index >= 15 is 0 Å². The molecule has 0 amide bonds. The molecule has 4 rings (SSSR count). The van der Waals surface area contributed by atoms with Crippen LogP contribution >= 0.6 is 0 Å².